The third kappa shape index (κ3) is 3.01. The SMILES string of the molecule is Cc1ccc(CCc2ccc(C)c(C)c2F)cc1F. The molecule has 2 aromatic rings. The smallest absolute Gasteiger partial charge is 0.129 e. The molecule has 100 valence electrons. The average molecular weight is 260 g/mol. The maximum Gasteiger partial charge on any atom is 0.129 e. The molecule has 0 heterocycles. The second-order valence-electron chi connectivity index (χ2n) is 5.06. The van der Waals surface area contributed by atoms with Crippen LogP contribution < -0.4 is 0 Å². The Kier molecular flexibility index (Phi) is 3.98. The predicted octanol–water partition coefficient (Wildman–Crippen LogP) is 4.68. The van der Waals surface area contributed by atoms with E-state index in [1.807, 2.05) is 25.1 Å². The molecule has 0 aromatic heterocycles. The summed E-state index contributed by atoms with van der Waals surface area (Å²) >= 11 is 0. The van der Waals surface area contributed by atoms with Crippen LogP contribution in [0.5, 0.6) is 0 Å². The van der Waals surface area contributed by atoms with Gasteiger partial charge in [-0.2, -0.15) is 0 Å². The first kappa shape index (κ1) is 13.7. The first-order valence-electron chi connectivity index (χ1n) is 6.48. The fourth-order valence-electron chi connectivity index (χ4n) is 2.10. The Bertz CT molecular complexity index is 600. The van der Waals surface area contributed by atoms with Gasteiger partial charge >= 0.3 is 0 Å². The van der Waals surface area contributed by atoms with Gasteiger partial charge in [0.1, 0.15) is 11.6 Å². The zero-order valence-corrected chi connectivity index (χ0v) is 11.6. The second kappa shape index (κ2) is 5.52. The van der Waals surface area contributed by atoms with Crippen molar-refractivity contribution in [3.8, 4) is 0 Å². The van der Waals surface area contributed by atoms with Gasteiger partial charge in [-0.05, 0) is 67.5 Å². The summed E-state index contributed by atoms with van der Waals surface area (Å²) in [5.41, 5.74) is 3.90. The average Bonchev–Trinajstić information content (AvgIpc) is 2.39. The molecule has 0 radical (unpaired) electrons. The molecule has 0 atom stereocenters. The minimum Gasteiger partial charge on any atom is -0.207 e. The quantitative estimate of drug-likeness (QED) is 0.752. The lowest BCUT2D eigenvalue weighted by Crippen LogP contribution is -1.99. The Labute approximate surface area is 113 Å². The molecule has 2 aromatic carbocycles. The van der Waals surface area contributed by atoms with Crippen molar-refractivity contribution < 1.29 is 8.78 Å². The van der Waals surface area contributed by atoms with Gasteiger partial charge in [0.25, 0.3) is 0 Å². The Balaban J connectivity index is 2.14. The summed E-state index contributed by atoms with van der Waals surface area (Å²) in [6, 6.07) is 8.96. The lowest BCUT2D eigenvalue weighted by Gasteiger charge is -2.08. The standard InChI is InChI=1S/C17H18F2/c1-11-5-8-15(17(19)13(11)3)9-7-14-6-4-12(2)16(18)10-14/h4-6,8,10H,7,9H2,1-3H3. The van der Waals surface area contributed by atoms with Crippen LogP contribution in [0.15, 0.2) is 30.3 Å². The fourth-order valence-corrected chi connectivity index (χ4v) is 2.10. The number of aryl methyl sites for hydroxylation is 4. The first-order valence-corrected chi connectivity index (χ1v) is 6.48. The lowest BCUT2D eigenvalue weighted by molar-refractivity contribution is 0.597. The van der Waals surface area contributed by atoms with Crippen LogP contribution in [0.3, 0.4) is 0 Å². The number of hydrogen-bond acceptors (Lipinski definition) is 0. The maximum absolute atomic E-state index is 14.0. The summed E-state index contributed by atoms with van der Waals surface area (Å²) in [6.07, 6.45) is 1.24. The van der Waals surface area contributed by atoms with E-state index in [2.05, 4.69) is 0 Å². The highest BCUT2D eigenvalue weighted by molar-refractivity contribution is 5.33. The summed E-state index contributed by atoms with van der Waals surface area (Å²) in [5, 5.41) is 0. The van der Waals surface area contributed by atoms with Crippen molar-refractivity contribution in [2.24, 2.45) is 0 Å². The number of hydrogen-bond donors (Lipinski definition) is 0. The summed E-state index contributed by atoms with van der Waals surface area (Å²) in [7, 11) is 0. The number of rotatable bonds is 3. The van der Waals surface area contributed by atoms with Crippen molar-refractivity contribution >= 4 is 0 Å². The normalized spacial score (nSPS) is 10.8. The van der Waals surface area contributed by atoms with E-state index in [-0.39, 0.29) is 11.6 Å². The van der Waals surface area contributed by atoms with Crippen molar-refractivity contribution in [1.82, 2.24) is 0 Å². The van der Waals surface area contributed by atoms with Gasteiger partial charge in [0.15, 0.2) is 0 Å². The van der Waals surface area contributed by atoms with Crippen LogP contribution in [0.4, 0.5) is 8.78 Å². The zero-order chi connectivity index (χ0) is 14.0. The Morgan fingerprint density at radius 3 is 2.21 bits per heavy atom. The highest BCUT2D eigenvalue weighted by Gasteiger charge is 2.08. The summed E-state index contributed by atoms with van der Waals surface area (Å²) in [4.78, 5) is 0. The summed E-state index contributed by atoms with van der Waals surface area (Å²) < 4.78 is 27.5. The number of benzene rings is 2. The Hall–Kier alpha value is -1.70. The van der Waals surface area contributed by atoms with Gasteiger partial charge in [-0.1, -0.05) is 24.3 Å². The molecule has 0 N–H and O–H groups in total. The highest BCUT2D eigenvalue weighted by Crippen LogP contribution is 2.19. The molecule has 0 aliphatic rings. The molecule has 0 saturated carbocycles. The second-order valence-corrected chi connectivity index (χ2v) is 5.06. The zero-order valence-electron chi connectivity index (χ0n) is 11.6. The van der Waals surface area contributed by atoms with Gasteiger partial charge in [-0.3, -0.25) is 0 Å². The minimum absolute atomic E-state index is 0.132. The molecule has 19 heavy (non-hydrogen) atoms. The molecular formula is C17H18F2. The van der Waals surface area contributed by atoms with E-state index in [1.165, 1.54) is 6.07 Å². The van der Waals surface area contributed by atoms with E-state index in [1.54, 1.807) is 19.9 Å². The molecule has 2 rings (SSSR count). The van der Waals surface area contributed by atoms with Crippen molar-refractivity contribution in [2.45, 2.75) is 33.6 Å². The van der Waals surface area contributed by atoms with Crippen LogP contribution in [0, 0.1) is 32.4 Å². The largest absolute Gasteiger partial charge is 0.207 e. The third-order valence-electron chi connectivity index (χ3n) is 3.66. The molecule has 0 spiro atoms. The van der Waals surface area contributed by atoms with Crippen LogP contribution in [0.2, 0.25) is 0 Å². The van der Waals surface area contributed by atoms with Gasteiger partial charge in [0.2, 0.25) is 0 Å². The molecule has 0 fully saturated rings. The monoisotopic (exact) mass is 260 g/mol. The minimum atomic E-state index is -0.196. The summed E-state index contributed by atoms with van der Waals surface area (Å²) in [5.74, 6) is -0.328. The molecule has 0 aliphatic carbocycles. The van der Waals surface area contributed by atoms with Gasteiger partial charge < -0.3 is 0 Å². The van der Waals surface area contributed by atoms with E-state index < -0.39 is 0 Å². The molecule has 0 nitrogen and oxygen atoms in total. The van der Waals surface area contributed by atoms with Gasteiger partial charge in [0.05, 0.1) is 0 Å². The topological polar surface area (TPSA) is 0 Å². The molecular weight excluding hydrogens is 242 g/mol. The first-order chi connectivity index (χ1) is 8.99. The summed E-state index contributed by atoms with van der Waals surface area (Å²) in [6.45, 7) is 5.43. The maximum atomic E-state index is 14.0. The lowest BCUT2D eigenvalue weighted by atomic mass is 9.99. The van der Waals surface area contributed by atoms with Crippen LogP contribution in [-0.4, -0.2) is 0 Å². The molecule has 0 bridgehead atoms. The number of halogens is 2. The van der Waals surface area contributed by atoms with E-state index in [9.17, 15) is 8.78 Å². The van der Waals surface area contributed by atoms with Gasteiger partial charge in [-0.15, -0.1) is 0 Å². The van der Waals surface area contributed by atoms with Crippen LogP contribution >= 0.6 is 0 Å². The van der Waals surface area contributed by atoms with Crippen LogP contribution in [0.25, 0.3) is 0 Å². The van der Waals surface area contributed by atoms with E-state index in [0.717, 1.165) is 11.1 Å². The van der Waals surface area contributed by atoms with Crippen molar-refractivity contribution in [1.29, 1.82) is 0 Å². The van der Waals surface area contributed by atoms with E-state index >= 15 is 0 Å². The molecule has 0 unspecified atom stereocenters. The van der Waals surface area contributed by atoms with Crippen LogP contribution in [-0.2, 0) is 12.8 Å². The van der Waals surface area contributed by atoms with Crippen molar-refractivity contribution in [3.05, 3.63) is 69.8 Å². The van der Waals surface area contributed by atoms with E-state index in [0.29, 0.717) is 29.5 Å². The Morgan fingerprint density at radius 1 is 0.842 bits per heavy atom. The van der Waals surface area contributed by atoms with Crippen molar-refractivity contribution in [3.63, 3.8) is 0 Å². The molecule has 0 amide bonds. The Morgan fingerprint density at radius 2 is 1.53 bits per heavy atom. The molecule has 0 aliphatic heterocycles. The predicted molar refractivity (Wildman–Crippen MR) is 74.4 cm³/mol. The fraction of sp³-hybridized carbons (Fsp3) is 0.294. The molecule has 0 saturated heterocycles. The molecule has 2 heteroatoms. The third-order valence-corrected chi connectivity index (χ3v) is 3.66. The van der Waals surface area contributed by atoms with E-state index in [4.69, 9.17) is 0 Å². The van der Waals surface area contributed by atoms with Gasteiger partial charge in [0, 0.05) is 0 Å². The van der Waals surface area contributed by atoms with Gasteiger partial charge in [-0.25, -0.2) is 8.78 Å². The van der Waals surface area contributed by atoms with Crippen molar-refractivity contribution in [2.75, 3.05) is 0 Å². The highest BCUT2D eigenvalue weighted by atomic mass is 19.1. The van der Waals surface area contributed by atoms with Crippen LogP contribution in [0.1, 0.15) is 27.8 Å².